The maximum Gasteiger partial charge on any atom is 0.417 e. The summed E-state index contributed by atoms with van der Waals surface area (Å²) < 4.78 is 10.1. The first kappa shape index (κ1) is 13.1. The first-order chi connectivity index (χ1) is 10.2. The van der Waals surface area contributed by atoms with E-state index in [2.05, 4.69) is 10.3 Å². The number of nitrogens with one attached hydrogen (secondary N) is 2. The molecule has 1 heterocycles. The monoisotopic (exact) mass is 285 g/mol. The van der Waals surface area contributed by atoms with Gasteiger partial charge in [0, 0.05) is 12.6 Å². The Balaban J connectivity index is 1.80. The average molecular weight is 285 g/mol. The number of oxazole rings is 1. The van der Waals surface area contributed by atoms with Crippen molar-refractivity contribution in [2.24, 2.45) is 0 Å². The summed E-state index contributed by atoms with van der Waals surface area (Å²) in [4.78, 5) is 13.8. The molecule has 0 radical (unpaired) electrons. The number of ether oxygens (including phenoxy) is 1. The standard InChI is InChI=1S/C15H15N3O3/c1-20-10-4-2-9(3-5-10)8-17-12-7-13-14(6-11(12)16)21-15(19)18-13/h2-7,17H,8,16H2,1H3,(H,18,19). The van der Waals surface area contributed by atoms with Crippen molar-refractivity contribution in [3.8, 4) is 5.75 Å². The highest BCUT2D eigenvalue weighted by Crippen LogP contribution is 2.25. The molecule has 4 N–H and O–H groups in total. The van der Waals surface area contributed by atoms with Crippen LogP contribution in [0.15, 0.2) is 45.6 Å². The number of anilines is 2. The molecule has 0 aliphatic rings. The molecular formula is C15H15N3O3. The lowest BCUT2D eigenvalue weighted by molar-refractivity contribution is 0.414. The number of fused-ring (bicyclic) bond motifs is 1. The maximum atomic E-state index is 11.2. The van der Waals surface area contributed by atoms with E-state index < -0.39 is 5.76 Å². The molecule has 21 heavy (non-hydrogen) atoms. The lowest BCUT2D eigenvalue weighted by Crippen LogP contribution is -2.02. The van der Waals surface area contributed by atoms with E-state index in [1.54, 1.807) is 19.2 Å². The van der Waals surface area contributed by atoms with Gasteiger partial charge in [-0.1, -0.05) is 12.1 Å². The predicted molar refractivity (Wildman–Crippen MR) is 81.6 cm³/mol. The van der Waals surface area contributed by atoms with Crippen molar-refractivity contribution in [3.05, 3.63) is 52.5 Å². The van der Waals surface area contributed by atoms with Crippen LogP contribution in [0.4, 0.5) is 11.4 Å². The molecular weight excluding hydrogens is 270 g/mol. The number of aromatic nitrogens is 1. The minimum absolute atomic E-state index is 0.451. The van der Waals surface area contributed by atoms with Gasteiger partial charge in [0.15, 0.2) is 5.58 Å². The molecule has 0 saturated carbocycles. The Kier molecular flexibility index (Phi) is 3.27. The second-order valence-corrected chi connectivity index (χ2v) is 4.65. The van der Waals surface area contributed by atoms with Crippen molar-refractivity contribution < 1.29 is 9.15 Å². The molecule has 0 saturated heterocycles. The fraction of sp³-hybridized carbons (Fsp3) is 0.133. The summed E-state index contributed by atoms with van der Waals surface area (Å²) in [6.45, 7) is 0.613. The highest BCUT2D eigenvalue weighted by Gasteiger charge is 2.06. The van der Waals surface area contributed by atoms with Crippen LogP contribution in [0.2, 0.25) is 0 Å². The van der Waals surface area contributed by atoms with Crippen molar-refractivity contribution in [1.29, 1.82) is 0 Å². The SMILES string of the molecule is COc1ccc(CNc2cc3[nH]c(=O)oc3cc2N)cc1. The topological polar surface area (TPSA) is 93.3 Å². The largest absolute Gasteiger partial charge is 0.497 e. The number of hydrogen-bond acceptors (Lipinski definition) is 5. The van der Waals surface area contributed by atoms with Gasteiger partial charge in [0.1, 0.15) is 5.75 Å². The third kappa shape index (κ3) is 2.69. The molecule has 1 aromatic heterocycles. The number of nitrogens with two attached hydrogens (primary N) is 1. The molecule has 0 atom stereocenters. The van der Waals surface area contributed by atoms with Crippen LogP contribution < -0.4 is 21.5 Å². The van der Waals surface area contributed by atoms with E-state index in [9.17, 15) is 4.79 Å². The van der Waals surface area contributed by atoms with Crippen molar-refractivity contribution >= 4 is 22.5 Å². The number of nitrogen functional groups attached to an aromatic ring is 1. The van der Waals surface area contributed by atoms with Gasteiger partial charge in [-0.2, -0.15) is 0 Å². The zero-order valence-electron chi connectivity index (χ0n) is 11.5. The van der Waals surface area contributed by atoms with Gasteiger partial charge >= 0.3 is 5.76 Å². The lowest BCUT2D eigenvalue weighted by atomic mass is 10.2. The van der Waals surface area contributed by atoms with E-state index in [1.165, 1.54) is 0 Å². The summed E-state index contributed by atoms with van der Waals surface area (Å²) in [7, 11) is 1.63. The fourth-order valence-electron chi connectivity index (χ4n) is 2.11. The van der Waals surface area contributed by atoms with E-state index in [4.69, 9.17) is 14.9 Å². The molecule has 0 bridgehead atoms. The van der Waals surface area contributed by atoms with E-state index >= 15 is 0 Å². The molecule has 108 valence electrons. The maximum absolute atomic E-state index is 11.2. The van der Waals surface area contributed by atoms with Gasteiger partial charge < -0.3 is 20.2 Å². The summed E-state index contributed by atoms with van der Waals surface area (Å²) in [6, 6.07) is 11.1. The molecule has 0 fully saturated rings. The Bertz CT molecular complexity index is 818. The molecule has 0 unspecified atom stereocenters. The summed E-state index contributed by atoms with van der Waals surface area (Å²) in [6.07, 6.45) is 0. The smallest absolute Gasteiger partial charge is 0.417 e. The van der Waals surface area contributed by atoms with E-state index in [1.807, 2.05) is 24.3 Å². The van der Waals surface area contributed by atoms with E-state index in [0.717, 1.165) is 17.0 Å². The van der Waals surface area contributed by atoms with Crippen molar-refractivity contribution in [2.45, 2.75) is 6.54 Å². The van der Waals surface area contributed by atoms with Crippen LogP contribution in [0.3, 0.4) is 0 Å². The van der Waals surface area contributed by atoms with Gasteiger partial charge in [0.05, 0.1) is 24.0 Å². The van der Waals surface area contributed by atoms with Crippen LogP contribution in [0.1, 0.15) is 5.56 Å². The number of rotatable bonds is 4. The van der Waals surface area contributed by atoms with Crippen LogP contribution >= 0.6 is 0 Å². The molecule has 0 amide bonds. The van der Waals surface area contributed by atoms with Gasteiger partial charge in [-0.3, -0.25) is 4.98 Å². The second kappa shape index (κ2) is 5.24. The summed E-state index contributed by atoms with van der Waals surface area (Å²) >= 11 is 0. The zero-order valence-corrected chi connectivity index (χ0v) is 11.5. The number of benzene rings is 2. The first-order valence-corrected chi connectivity index (χ1v) is 6.45. The van der Waals surface area contributed by atoms with Crippen molar-refractivity contribution in [1.82, 2.24) is 4.98 Å². The van der Waals surface area contributed by atoms with E-state index in [0.29, 0.717) is 23.3 Å². The number of hydrogen-bond donors (Lipinski definition) is 3. The Morgan fingerprint density at radius 1 is 1.29 bits per heavy atom. The Hall–Kier alpha value is -2.89. The predicted octanol–water partition coefficient (Wildman–Crippen LogP) is 2.32. The van der Waals surface area contributed by atoms with Crippen LogP contribution in [0, 0.1) is 0 Å². The molecule has 6 nitrogen and oxygen atoms in total. The summed E-state index contributed by atoms with van der Waals surface area (Å²) in [5, 5.41) is 3.24. The van der Waals surface area contributed by atoms with E-state index in [-0.39, 0.29) is 0 Å². The quantitative estimate of drug-likeness (QED) is 0.640. The van der Waals surface area contributed by atoms with Crippen LogP contribution in [0.25, 0.3) is 11.1 Å². The third-order valence-electron chi connectivity index (χ3n) is 3.23. The molecule has 0 aliphatic heterocycles. The number of aromatic amines is 1. The number of methoxy groups -OCH3 is 1. The minimum atomic E-state index is -0.489. The Morgan fingerprint density at radius 2 is 2.05 bits per heavy atom. The van der Waals surface area contributed by atoms with Crippen molar-refractivity contribution in [2.75, 3.05) is 18.2 Å². The average Bonchev–Trinajstić information content (AvgIpc) is 2.84. The van der Waals surface area contributed by atoms with Gasteiger partial charge in [0.25, 0.3) is 0 Å². The normalized spacial score (nSPS) is 10.7. The molecule has 6 heteroatoms. The molecule has 0 spiro atoms. The van der Waals surface area contributed by atoms with Gasteiger partial charge in [-0.05, 0) is 23.8 Å². The first-order valence-electron chi connectivity index (χ1n) is 6.45. The molecule has 3 rings (SSSR count). The Labute approximate surface area is 120 Å². The summed E-state index contributed by atoms with van der Waals surface area (Å²) in [5.41, 5.74) is 9.38. The van der Waals surface area contributed by atoms with Crippen LogP contribution in [-0.4, -0.2) is 12.1 Å². The van der Waals surface area contributed by atoms with Gasteiger partial charge in [-0.15, -0.1) is 0 Å². The highest BCUT2D eigenvalue weighted by atomic mass is 16.5. The van der Waals surface area contributed by atoms with Crippen LogP contribution in [0.5, 0.6) is 5.75 Å². The number of H-pyrrole nitrogens is 1. The second-order valence-electron chi connectivity index (χ2n) is 4.65. The lowest BCUT2D eigenvalue weighted by Gasteiger charge is -2.09. The molecule has 2 aromatic carbocycles. The highest BCUT2D eigenvalue weighted by molar-refractivity contribution is 5.85. The Morgan fingerprint density at radius 3 is 2.76 bits per heavy atom. The molecule has 3 aromatic rings. The minimum Gasteiger partial charge on any atom is -0.497 e. The third-order valence-corrected chi connectivity index (χ3v) is 3.23. The zero-order chi connectivity index (χ0) is 14.8. The van der Waals surface area contributed by atoms with Gasteiger partial charge in [-0.25, -0.2) is 4.79 Å². The van der Waals surface area contributed by atoms with Crippen LogP contribution in [-0.2, 0) is 6.54 Å². The van der Waals surface area contributed by atoms with Gasteiger partial charge in [0.2, 0.25) is 0 Å². The summed E-state index contributed by atoms with van der Waals surface area (Å²) in [5.74, 6) is 0.326. The molecule has 0 aliphatic carbocycles. The fourth-order valence-corrected chi connectivity index (χ4v) is 2.11. The van der Waals surface area contributed by atoms with Crippen molar-refractivity contribution in [3.63, 3.8) is 0 Å².